The Bertz CT molecular complexity index is 78.9. The van der Waals surface area contributed by atoms with Gasteiger partial charge in [-0.15, -0.1) is 6.58 Å². The van der Waals surface area contributed by atoms with Crippen LogP contribution in [-0.4, -0.2) is 12.8 Å². The van der Waals surface area contributed by atoms with Crippen LogP contribution >= 0.6 is 0 Å². The summed E-state index contributed by atoms with van der Waals surface area (Å²) < 4.78 is 0. The molecule has 0 spiro atoms. The predicted octanol–water partition coefficient (Wildman–Crippen LogP) is 3.71. The quantitative estimate of drug-likeness (QED) is 0.406. The molecule has 0 amide bonds. The third kappa shape index (κ3) is 89.0. The Labute approximate surface area is 72.2 Å². The molecule has 0 radical (unpaired) electrons. The predicted molar refractivity (Wildman–Crippen MR) is 56.5 cm³/mol. The van der Waals surface area contributed by atoms with Crippen molar-refractivity contribution in [2.24, 2.45) is 4.99 Å². The minimum atomic E-state index is 1.08. The molecule has 0 N–H and O–H groups in total. The van der Waals surface area contributed by atoms with Gasteiger partial charge in [0.25, 0.3) is 0 Å². The van der Waals surface area contributed by atoms with Crippen LogP contribution in [0.1, 0.15) is 41.0 Å². The molecule has 0 aromatic rings. The average Bonchev–Trinajstić information content (AvgIpc) is 2.08. The van der Waals surface area contributed by atoms with E-state index in [1.54, 1.807) is 7.05 Å². The highest BCUT2D eigenvalue weighted by Crippen LogP contribution is 1.66. The van der Waals surface area contributed by atoms with Crippen molar-refractivity contribution >= 4 is 5.71 Å². The fourth-order valence-electron chi connectivity index (χ4n) is 0. The zero-order valence-electron chi connectivity index (χ0n) is 8.94. The number of aliphatic imine (C=N–C) groups is 1. The van der Waals surface area contributed by atoms with Crippen molar-refractivity contribution in [3.05, 3.63) is 12.7 Å². The number of rotatable bonds is 1. The lowest BCUT2D eigenvalue weighted by Crippen LogP contribution is -1.74. The first-order valence-electron chi connectivity index (χ1n) is 4.19. The van der Waals surface area contributed by atoms with Crippen LogP contribution in [0, 0.1) is 0 Å². The van der Waals surface area contributed by atoms with Gasteiger partial charge in [-0.25, -0.2) is 0 Å². The van der Waals surface area contributed by atoms with E-state index in [2.05, 4.69) is 18.5 Å². The summed E-state index contributed by atoms with van der Waals surface area (Å²) in [4.78, 5) is 3.81. The molecule has 0 saturated carbocycles. The van der Waals surface area contributed by atoms with Gasteiger partial charge in [0, 0.05) is 12.8 Å². The van der Waals surface area contributed by atoms with Gasteiger partial charge in [0.1, 0.15) is 0 Å². The number of nitrogens with zero attached hydrogens (tertiary/aromatic N) is 1. The Balaban J connectivity index is -0.0000000965. The minimum Gasteiger partial charge on any atom is -0.298 e. The van der Waals surface area contributed by atoms with Crippen LogP contribution < -0.4 is 0 Å². The molecule has 0 fully saturated rings. The van der Waals surface area contributed by atoms with E-state index in [1.807, 2.05) is 33.8 Å². The van der Waals surface area contributed by atoms with Crippen molar-refractivity contribution in [2.45, 2.75) is 41.0 Å². The van der Waals surface area contributed by atoms with Crippen LogP contribution in [0.25, 0.3) is 0 Å². The second-order valence-corrected chi connectivity index (χ2v) is 1.87. The maximum Gasteiger partial charge on any atom is 0.0276 e. The van der Waals surface area contributed by atoms with Crippen LogP contribution in [0.15, 0.2) is 17.6 Å². The largest absolute Gasteiger partial charge is 0.298 e. The standard InChI is InChI=1S/C4H9N.C4H8.C2H6/c1-4(2)5-3;1-3-4-2;1-2/h1-3H3;3H,1,4H2,2H3;1-2H3. The summed E-state index contributed by atoms with van der Waals surface area (Å²) in [5, 5.41) is 0. The van der Waals surface area contributed by atoms with Crippen LogP contribution in [-0.2, 0) is 0 Å². The third-order valence-corrected chi connectivity index (χ3v) is 0.736. The first kappa shape index (κ1) is 16.8. The second-order valence-electron chi connectivity index (χ2n) is 1.87. The first-order chi connectivity index (χ1) is 5.18. The monoisotopic (exact) mass is 157 g/mol. The second kappa shape index (κ2) is 22.7. The van der Waals surface area contributed by atoms with Crippen LogP contribution in [0.4, 0.5) is 0 Å². The average molecular weight is 157 g/mol. The summed E-state index contributed by atoms with van der Waals surface area (Å²) in [7, 11) is 1.79. The molecule has 11 heavy (non-hydrogen) atoms. The van der Waals surface area contributed by atoms with Gasteiger partial charge in [-0.2, -0.15) is 0 Å². The molecule has 1 nitrogen and oxygen atoms in total. The van der Waals surface area contributed by atoms with Gasteiger partial charge in [-0.1, -0.05) is 26.8 Å². The van der Waals surface area contributed by atoms with Crippen molar-refractivity contribution in [3.8, 4) is 0 Å². The minimum absolute atomic E-state index is 1.08. The van der Waals surface area contributed by atoms with E-state index in [0.29, 0.717) is 0 Å². The molecule has 0 saturated heterocycles. The maximum absolute atomic E-state index is 3.81. The van der Waals surface area contributed by atoms with Crippen LogP contribution in [0.3, 0.4) is 0 Å². The van der Waals surface area contributed by atoms with Crippen molar-refractivity contribution in [1.82, 2.24) is 0 Å². The third-order valence-electron chi connectivity index (χ3n) is 0.736. The van der Waals surface area contributed by atoms with Crippen LogP contribution in [0.2, 0.25) is 0 Å². The van der Waals surface area contributed by atoms with E-state index in [9.17, 15) is 0 Å². The lowest BCUT2D eigenvalue weighted by molar-refractivity contribution is 1.23. The summed E-state index contributed by atoms with van der Waals surface area (Å²) in [6.45, 7) is 13.5. The molecule has 0 atom stereocenters. The normalized spacial score (nSPS) is 6.00. The molecular weight excluding hydrogens is 134 g/mol. The molecular formula is C10H23N. The fourth-order valence-corrected chi connectivity index (χ4v) is 0. The maximum atomic E-state index is 3.81. The van der Waals surface area contributed by atoms with Crippen LogP contribution in [0.5, 0.6) is 0 Å². The Kier molecular flexibility index (Phi) is 34.7. The van der Waals surface area contributed by atoms with E-state index in [0.717, 1.165) is 12.1 Å². The molecule has 0 unspecified atom stereocenters. The van der Waals surface area contributed by atoms with Crippen molar-refractivity contribution in [3.63, 3.8) is 0 Å². The summed E-state index contributed by atoms with van der Waals surface area (Å²) in [6, 6.07) is 0. The van der Waals surface area contributed by atoms with Gasteiger partial charge in [0.2, 0.25) is 0 Å². The van der Waals surface area contributed by atoms with Crippen molar-refractivity contribution < 1.29 is 0 Å². The smallest absolute Gasteiger partial charge is 0.0276 e. The molecule has 68 valence electrons. The zero-order chi connectivity index (χ0) is 9.70. The topological polar surface area (TPSA) is 12.4 Å². The molecule has 0 aliphatic carbocycles. The van der Waals surface area contributed by atoms with Crippen molar-refractivity contribution in [2.75, 3.05) is 7.05 Å². The van der Waals surface area contributed by atoms with E-state index in [1.165, 1.54) is 0 Å². The Hall–Kier alpha value is -0.590. The van der Waals surface area contributed by atoms with Gasteiger partial charge in [0.15, 0.2) is 0 Å². The SMILES string of the molecule is C=CCC.CC.CN=C(C)C. The Morgan fingerprint density at radius 3 is 1.55 bits per heavy atom. The molecule has 0 heterocycles. The number of allylic oxidation sites excluding steroid dienone is 1. The fraction of sp³-hybridized carbons (Fsp3) is 0.700. The molecule has 0 bridgehead atoms. The molecule has 0 aromatic heterocycles. The van der Waals surface area contributed by atoms with Gasteiger partial charge in [-0.05, 0) is 20.3 Å². The van der Waals surface area contributed by atoms with Gasteiger partial charge in [0.05, 0.1) is 0 Å². The molecule has 0 aliphatic heterocycles. The van der Waals surface area contributed by atoms with E-state index in [4.69, 9.17) is 0 Å². The molecule has 0 aromatic carbocycles. The van der Waals surface area contributed by atoms with E-state index < -0.39 is 0 Å². The summed E-state index contributed by atoms with van der Waals surface area (Å²) in [6.07, 6.45) is 2.96. The number of hydrogen-bond acceptors (Lipinski definition) is 1. The number of hydrogen-bond donors (Lipinski definition) is 0. The zero-order valence-corrected chi connectivity index (χ0v) is 8.94. The van der Waals surface area contributed by atoms with Gasteiger partial charge >= 0.3 is 0 Å². The summed E-state index contributed by atoms with van der Waals surface area (Å²) in [5.74, 6) is 0. The highest BCUT2D eigenvalue weighted by molar-refractivity contribution is 5.78. The van der Waals surface area contributed by atoms with E-state index in [-0.39, 0.29) is 0 Å². The van der Waals surface area contributed by atoms with Crippen molar-refractivity contribution in [1.29, 1.82) is 0 Å². The highest BCUT2D eigenvalue weighted by atomic mass is 14.7. The first-order valence-corrected chi connectivity index (χ1v) is 4.19. The van der Waals surface area contributed by atoms with Gasteiger partial charge in [-0.3, -0.25) is 4.99 Å². The Morgan fingerprint density at radius 1 is 1.36 bits per heavy atom. The summed E-state index contributed by atoms with van der Waals surface area (Å²) in [5.41, 5.74) is 1.13. The summed E-state index contributed by atoms with van der Waals surface area (Å²) >= 11 is 0. The molecule has 0 rings (SSSR count). The molecule has 0 aliphatic rings. The lowest BCUT2D eigenvalue weighted by atomic mass is 10.5. The lowest BCUT2D eigenvalue weighted by Gasteiger charge is -1.74. The van der Waals surface area contributed by atoms with E-state index >= 15 is 0 Å². The molecule has 1 heteroatoms. The Morgan fingerprint density at radius 2 is 1.55 bits per heavy atom. The highest BCUT2D eigenvalue weighted by Gasteiger charge is 1.62. The van der Waals surface area contributed by atoms with Gasteiger partial charge < -0.3 is 0 Å².